The first-order valence-corrected chi connectivity index (χ1v) is 7.84. The van der Waals surface area contributed by atoms with E-state index in [4.69, 9.17) is 4.74 Å². The third kappa shape index (κ3) is 3.47. The van der Waals surface area contributed by atoms with Crippen molar-refractivity contribution in [3.05, 3.63) is 28.8 Å². The van der Waals surface area contributed by atoms with E-state index in [0.29, 0.717) is 23.5 Å². The first kappa shape index (κ1) is 17.7. The van der Waals surface area contributed by atoms with Crippen LogP contribution in [0.1, 0.15) is 53.0 Å². The number of ether oxygens (including phenoxy) is 1. The molecule has 0 saturated carbocycles. The largest absolute Gasteiger partial charge is 0.458 e. The third-order valence-electron chi connectivity index (χ3n) is 3.61. The summed E-state index contributed by atoms with van der Waals surface area (Å²) in [6, 6.07) is 0. The molecule has 1 N–H and O–H groups in total. The van der Waals surface area contributed by atoms with Crippen LogP contribution in [-0.4, -0.2) is 37.5 Å². The van der Waals surface area contributed by atoms with Gasteiger partial charge in [0.1, 0.15) is 0 Å². The minimum Gasteiger partial charge on any atom is -0.458 e. The fourth-order valence-electron chi connectivity index (χ4n) is 2.38. The Morgan fingerprint density at radius 1 is 1.29 bits per heavy atom. The van der Waals surface area contributed by atoms with E-state index in [1.807, 2.05) is 13.8 Å². The second-order valence-corrected chi connectivity index (χ2v) is 5.82. The monoisotopic (exact) mass is 333 g/mol. The number of nitrogens with zero attached hydrogens (tertiary/aromatic N) is 4. The first-order chi connectivity index (χ1) is 11.2. The van der Waals surface area contributed by atoms with Gasteiger partial charge in [0.2, 0.25) is 0 Å². The lowest BCUT2D eigenvalue weighted by Crippen LogP contribution is -2.18. The number of carbonyl (C=O) groups excluding carboxylic acids is 2. The van der Waals surface area contributed by atoms with Crippen LogP contribution in [0.15, 0.2) is 6.20 Å². The van der Waals surface area contributed by atoms with Crippen molar-refractivity contribution in [1.82, 2.24) is 19.6 Å². The van der Waals surface area contributed by atoms with Gasteiger partial charge in [-0.2, -0.15) is 10.2 Å². The lowest BCUT2D eigenvalue weighted by Gasteiger charge is -2.08. The predicted molar refractivity (Wildman–Crippen MR) is 89.1 cm³/mol. The quantitative estimate of drug-likeness (QED) is 0.846. The van der Waals surface area contributed by atoms with E-state index in [2.05, 4.69) is 15.5 Å². The third-order valence-corrected chi connectivity index (χ3v) is 3.61. The van der Waals surface area contributed by atoms with Gasteiger partial charge in [0.25, 0.3) is 5.91 Å². The van der Waals surface area contributed by atoms with Crippen molar-refractivity contribution in [1.29, 1.82) is 0 Å². The van der Waals surface area contributed by atoms with Crippen LogP contribution in [0.25, 0.3) is 0 Å². The van der Waals surface area contributed by atoms with Crippen molar-refractivity contribution in [3.8, 4) is 0 Å². The number of aryl methyl sites for hydroxylation is 3. The number of rotatable bonds is 5. The number of amides is 1. The average Bonchev–Trinajstić information content (AvgIpc) is 2.99. The van der Waals surface area contributed by atoms with Gasteiger partial charge in [-0.3, -0.25) is 14.2 Å². The zero-order chi connectivity index (χ0) is 18.0. The first-order valence-electron chi connectivity index (χ1n) is 7.84. The molecule has 0 fully saturated rings. The molecule has 0 aliphatic heterocycles. The second-order valence-electron chi connectivity index (χ2n) is 5.82. The number of aromatic nitrogens is 4. The molecule has 8 heteroatoms. The summed E-state index contributed by atoms with van der Waals surface area (Å²) in [7, 11) is 1.78. The number of hydrogen-bond donors (Lipinski definition) is 1. The molecule has 0 unspecified atom stereocenters. The van der Waals surface area contributed by atoms with Crippen molar-refractivity contribution < 1.29 is 14.3 Å². The fourth-order valence-corrected chi connectivity index (χ4v) is 2.38. The molecule has 24 heavy (non-hydrogen) atoms. The van der Waals surface area contributed by atoms with Crippen molar-refractivity contribution >= 4 is 17.6 Å². The zero-order valence-electron chi connectivity index (χ0n) is 14.9. The maximum absolute atomic E-state index is 12.6. The number of hydrogen-bond acceptors (Lipinski definition) is 5. The highest BCUT2D eigenvalue weighted by molar-refractivity contribution is 6.08. The summed E-state index contributed by atoms with van der Waals surface area (Å²) in [5, 5.41) is 11.2. The summed E-state index contributed by atoms with van der Waals surface area (Å²) in [5.41, 5.74) is 2.29. The van der Waals surface area contributed by atoms with E-state index in [-0.39, 0.29) is 17.7 Å². The summed E-state index contributed by atoms with van der Waals surface area (Å²) in [4.78, 5) is 24.8. The molecule has 0 radical (unpaired) electrons. The Morgan fingerprint density at radius 3 is 2.46 bits per heavy atom. The molecule has 0 atom stereocenters. The second kappa shape index (κ2) is 6.86. The molecule has 130 valence electrons. The van der Waals surface area contributed by atoms with Gasteiger partial charge < -0.3 is 10.1 Å². The van der Waals surface area contributed by atoms with Crippen molar-refractivity contribution in [2.75, 3.05) is 5.32 Å². The fraction of sp³-hybridized carbons (Fsp3) is 0.500. The van der Waals surface area contributed by atoms with E-state index in [9.17, 15) is 9.59 Å². The summed E-state index contributed by atoms with van der Waals surface area (Å²) in [6.07, 6.45) is 1.35. The smallest absolute Gasteiger partial charge is 0.361 e. The summed E-state index contributed by atoms with van der Waals surface area (Å²) in [6.45, 7) is 9.57. The highest BCUT2D eigenvalue weighted by Gasteiger charge is 2.23. The molecule has 0 aliphatic carbocycles. The van der Waals surface area contributed by atoms with E-state index in [1.165, 1.54) is 0 Å². The molecule has 0 bridgehead atoms. The van der Waals surface area contributed by atoms with Crippen LogP contribution in [0.4, 0.5) is 5.69 Å². The molecule has 8 nitrogen and oxygen atoms in total. The Labute approximate surface area is 140 Å². The zero-order valence-corrected chi connectivity index (χ0v) is 14.9. The van der Waals surface area contributed by atoms with Crippen molar-refractivity contribution in [3.63, 3.8) is 0 Å². The maximum atomic E-state index is 12.6. The molecule has 0 saturated heterocycles. The molecule has 0 aliphatic rings. The molecule has 0 spiro atoms. The number of esters is 1. The van der Waals surface area contributed by atoms with Crippen LogP contribution in [-0.2, 0) is 18.3 Å². The van der Waals surface area contributed by atoms with E-state index < -0.39 is 5.97 Å². The van der Waals surface area contributed by atoms with Crippen molar-refractivity contribution in [2.24, 2.45) is 7.05 Å². The van der Waals surface area contributed by atoms with Gasteiger partial charge in [-0.25, -0.2) is 4.79 Å². The molecular weight excluding hydrogens is 310 g/mol. The summed E-state index contributed by atoms with van der Waals surface area (Å²) < 4.78 is 8.42. The van der Waals surface area contributed by atoms with Crippen LogP contribution in [0, 0.1) is 13.8 Å². The van der Waals surface area contributed by atoms with Gasteiger partial charge in [0.15, 0.2) is 5.69 Å². The summed E-state index contributed by atoms with van der Waals surface area (Å²) in [5.74, 6) is -0.889. The predicted octanol–water partition coefficient (Wildman–Crippen LogP) is 2.07. The Hall–Kier alpha value is -2.64. The van der Waals surface area contributed by atoms with Crippen LogP contribution in [0.2, 0.25) is 0 Å². The molecule has 2 heterocycles. The topological polar surface area (TPSA) is 91.0 Å². The molecule has 0 aromatic carbocycles. The molecular formula is C16H23N5O3. The van der Waals surface area contributed by atoms with Gasteiger partial charge in [0, 0.05) is 25.5 Å². The van der Waals surface area contributed by atoms with Crippen LogP contribution < -0.4 is 5.32 Å². The normalized spacial score (nSPS) is 11.0. The highest BCUT2D eigenvalue weighted by atomic mass is 16.5. The van der Waals surface area contributed by atoms with Crippen LogP contribution >= 0.6 is 0 Å². The van der Waals surface area contributed by atoms with Gasteiger partial charge in [-0.1, -0.05) is 0 Å². The highest BCUT2D eigenvalue weighted by Crippen LogP contribution is 2.19. The Balaban J connectivity index is 2.33. The molecule has 2 aromatic rings. The van der Waals surface area contributed by atoms with Crippen molar-refractivity contribution in [2.45, 2.75) is 47.3 Å². The van der Waals surface area contributed by atoms with Crippen LogP contribution in [0.3, 0.4) is 0 Å². The minimum atomic E-state index is -0.563. The average molecular weight is 333 g/mol. The number of anilines is 1. The lowest BCUT2D eigenvalue weighted by molar-refractivity contribution is 0.0371. The van der Waals surface area contributed by atoms with Gasteiger partial charge in [-0.05, 0) is 34.6 Å². The van der Waals surface area contributed by atoms with E-state index in [0.717, 1.165) is 5.69 Å². The Kier molecular flexibility index (Phi) is 5.06. The number of nitrogens with one attached hydrogen (secondary N) is 1. The minimum absolute atomic E-state index is 0.0955. The van der Waals surface area contributed by atoms with E-state index >= 15 is 0 Å². The lowest BCUT2D eigenvalue weighted by atomic mass is 10.2. The summed E-state index contributed by atoms with van der Waals surface area (Å²) >= 11 is 0. The van der Waals surface area contributed by atoms with E-state index in [1.54, 1.807) is 43.4 Å². The molecule has 2 aromatic heterocycles. The maximum Gasteiger partial charge on any atom is 0.361 e. The van der Waals surface area contributed by atoms with Gasteiger partial charge in [0.05, 0.1) is 23.0 Å². The molecule has 1 amide bonds. The van der Waals surface area contributed by atoms with Crippen LogP contribution in [0.5, 0.6) is 0 Å². The standard InChI is InChI=1S/C16H23N5O3/c1-7-21-8-12(14(19-21)16(23)24-9(2)3)17-15(22)13-10(4)18-20(6)11(13)5/h8-9H,7H2,1-6H3,(H,17,22). The SMILES string of the molecule is CCn1cc(NC(=O)c2c(C)nn(C)c2C)c(C(=O)OC(C)C)n1. The van der Waals surface area contributed by atoms with Gasteiger partial charge >= 0.3 is 5.97 Å². The Morgan fingerprint density at radius 2 is 1.96 bits per heavy atom. The molecule has 2 rings (SSSR count). The Bertz CT molecular complexity index is 773. The van der Waals surface area contributed by atoms with Gasteiger partial charge in [-0.15, -0.1) is 0 Å². The number of carbonyl (C=O) groups is 2.